The van der Waals surface area contributed by atoms with Gasteiger partial charge >= 0.3 is 11.8 Å². The maximum atomic E-state index is 12.2. The van der Waals surface area contributed by atoms with E-state index in [2.05, 4.69) is 26.2 Å². The van der Waals surface area contributed by atoms with Crippen molar-refractivity contribution in [1.29, 1.82) is 0 Å². The van der Waals surface area contributed by atoms with E-state index in [1.807, 2.05) is 0 Å². The lowest BCUT2D eigenvalue weighted by atomic mass is 9.88. The maximum Gasteiger partial charge on any atom is 0.377 e. The number of aliphatic hydroxyl groups excluding tert-OH is 4. The Morgan fingerprint density at radius 1 is 1.42 bits per heavy atom. The van der Waals surface area contributed by atoms with Crippen molar-refractivity contribution in [2.45, 2.75) is 49.6 Å². The number of aromatic nitrogens is 1. The first-order valence-corrected chi connectivity index (χ1v) is 10.2. The molecule has 2 aromatic rings. The molecule has 1 fully saturated rings. The number of rotatable bonds is 7. The number of hydrogen-bond acceptors (Lipinski definition) is 8. The Morgan fingerprint density at radius 3 is 2.74 bits per heavy atom. The molecule has 1 amide bonds. The summed E-state index contributed by atoms with van der Waals surface area (Å²) in [5.74, 6) is -4.51. The zero-order valence-electron chi connectivity index (χ0n) is 16.4. The minimum atomic E-state index is -2.45. The smallest absolute Gasteiger partial charge is 0.377 e. The first-order chi connectivity index (χ1) is 14.6. The van der Waals surface area contributed by atoms with Gasteiger partial charge in [-0.15, -0.1) is 0 Å². The summed E-state index contributed by atoms with van der Waals surface area (Å²) in [7, 11) is 0. The average Bonchev–Trinajstić information content (AvgIpc) is 3.09. The highest BCUT2D eigenvalue weighted by molar-refractivity contribution is 9.10. The van der Waals surface area contributed by atoms with E-state index in [4.69, 9.17) is 9.47 Å². The highest BCUT2D eigenvalue weighted by Gasteiger charge is 2.56. The molecule has 1 aromatic heterocycles. The van der Waals surface area contributed by atoms with Crippen LogP contribution in [-0.2, 0) is 14.3 Å². The predicted octanol–water partition coefficient (Wildman–Crippen LogP) is -0.541. The molecule has 0 unspecified atom stereocenters. The molecule has 0 saturated carbocycles. The molecule has 0 spiro atoms. The van der Waals surface area contributed by atoms with Crippen LogP contribution in [0, 0.1) is 0 Å². The summed E-state index contributed by atoms with van der Waals surface area (Å²) >= 11 is 3.33. The molecular formula is C19H23BrN2O9. The zero-order chi connectivity index (χ0) is 22.9. The molecule has 1 aliphatic heterocycles. The summed E-state index contributed by atoms with van der Waals surface area (Å²) in [4.78, 5) is 26.7. The van der Waals surface area contributed by atoms with E-state index in [0.717, 1.165) is 6.92 Å². The number of ether oxygens (including phenoxy) is 2. The van der Waals surface area contributed by atoms with Crippen molar-refractivity contribution in [3.05, 3.63) is 28.9 Å². The van der Waals surface area contributed by atoms with Gasteiger partial charge in [0, 0.05) is 28.5 Å². The number of amides is 1. The molecule has 170 valence electrons. The van der Waals surface area contributed by atoms with Crippen LogP contribution in [-0.4, -0.2) is 85.2 Å². The molecule has 1 aliphatic rings. The number of halogens is 1. The van der Waals surface area contributed by atoms with Crippen LogP contribution >= 0.6 is 15.9 Å². The summed E-state index contributed by atoms with van der Waals surface area (Å²) < 4.78 is 12.1. The number of carbonyl (C=O) groups is 2. The third-order valence-electron chi connectivity index (χ3n) is 5.07. The molecule has 3 rings (SSSR count). The first-order valence-electron chi connectivity index (χ1n) is 9.37. The lowest BCUT2D eigenvalue weighted by Gasteiger charge is -2.46. The van der Waals surface area contributed by atoms with Crippen molar-refractivity contribution in [3.63, 3.8) is 0 Å². The minimum Gasteiger partial charge on any atom is -0.476 e. The minimum absolute atomic E-state index is 0.111. The van der Waals surface area contributed by atoms with Gasteiger partial charge in [-0.3, -0.25) is 4.79 Å². The topological polar surface area (TPSA) is 182 Å². The SMILES string of the molecule is CC(=O)N[C@H]1[C@H]([C@H](O)[C@H](O)CO)O[C@](Oc2c[nH]c3ccc(Br)cc23)(C(=O)O)C[C@@H]1O. The van der Waals surface area contributed by atoms with Gasteiger partial charge in [0.15, 0.2) is 0 Å². The van der Waals surface area contributed by atoms with E-state index >= 15 is 0 Å². The van der Waals surface area contributed by atoms with Crippen LogP contribution in [0.15, 0.2) is 28.9 Å². The second kappa shape index (κ2) is 9.10. The lowest BCUT2D eigenvalue weighted by molar-refractivity contribution is -0.284. The Bertz CT molecular complexity index is 967. The lowest BCUT2D eigenvalue weighted by Crippen LogP contribution is -2.68. The second-order valence-electron chi connectivity index (χ2n) is 7.32. The van der Waals surface area contributed by atoms with Gasteiger partial charge in [-0.25, -0.2) is 4.79 Å². The standard InChI is InChI=1S/C19H23BrN2O9/c1-8(24)22-15-12(25)5-19(18(28)29,31-17(15)16(27)13(26)7-23)30-14-6-21-11-3-2-9(20)4-10(11)14/h2-4,6,12-13,15-17,21,23,25-27H,5,7H2,1H3,(H,22,24)(H,28,29)/t12-,13+,15+,16+,17+,19-/m0/s1. The number of aliphatic hydroxyl groups is 4. The van der Waals surface area contributed by atoms with E-state index in [0.29, 0.717) is 15.4 Å². The number of aliphatic carboxylic acids is 1. The summed E-state index contributed by atoms with van der Waals surface area (Å²) in [6.45, 7) is 0.305. The molecule has 2 heterocycles. The molecule has 31 heavy (non-hydrogen) atoms. The van der Waals surface area contributed by atoms with Gasteiger partial charge in [-0.2, -0.15) is 0 Å². The first kappa shape index (κ1) is 23.4. The quantitative estimate of drug-likeness (QED) is 0.261. The Balaban J connectivity index is 2.01. The van der Waals surface area contributed by atoms with Crippen molar-refractivity contribution >= 4 is 38.7 Å². The van der Waals surface area contributed by atoms with Crippen LogP contribution in [0.3, 0.4) is 0 Å². The Kier molecular flexibility index (Phi) is 6.88. The number of fused-ring (bicyclic) bond motifs is 1. The predicted molar refractivity (Wildman–Crippen MR) is 109 cm³/mol. The summed E-state index contributed by atoms with van der Waals surface area (Å²) in [5, 5.41) is 53.0. The van der Waals surface area contributed by atoms with Crippen molar-refractivity contribution in [2.75, 3.05) is 6.61 Å². The van der Waals surface area contributed by atoms with Gasteiger partial charge in [0.2, 0.25) is 5.91 Å². The Labute approximate surface area is 184 Å². The number of hydrogen-bond donors (Lipinski definition) is 7. The van der Waals surface area contributed by atoms with E-state index in [1.54, 1.807) is 18.2 Å². The van der Waals surface area contributed by atoms with Crippen molar-refractivity contribution in [3.8, 4) is 5.75 Å². The van der Waals surface area contributed by atoms with E-state index in [-0.39, 0.29) is 5.75 Å². The van der Waals surface area contributed by atoms with Crippen molar-refractivity contribution < 1.29 is 44.6 Å². The summed E-state index contributed by atoms with van der Waals surface area (Å²) in [5.41, 5.74) is 0.651. The van der Waals surface area contributed by atoms with Crippen LogP contribution in [0.5, 0.6) is 5.75 Å². The fourth-order valence-corrected chi connectivity index (χ4v) is 3.92. The summed E-state index contributed by atoms with van der Waals surface area (Å²) in [6, 6.07) is 3.95. The second-order valence-corrected chi connectivity index (χ2v) is 8.24. The van der Waals surface area contributed by atoms with E-state index in [1.165, 1.54) is 6.20 Å². The van der Waals surface area contributed by atoms with Crippen LogP contribution < -0.4 is 10.1 Å². The molecule has 0 radical (unpaired) electrons. The van der Waals surface area contributed by atoms with Crippen LogP contribution in [0.4, 0.5) is 0 Å². The number of carbonyl (C=O) groups excluding carboxylic acids is 1. The fraction of sp³-hybridized carbons (Fsp3) is 0.474. The van der Waals surface area contributed by atoms with Crippen LogP contribution in [0.1, 0.15) is 13.3 Å². The number of H-pyrrole nitrogens is 1. The largest absolute Gasteiger partial charge is 0.476 e. The maximum absolute atomic E-state index is 12.2. The highest BCUT2D eigenvalue weighted by atomic mass is 79.9. The van der Waals surface area contributed by atoms with Crippen molar-refractivity contribution in [1.82, 2.24) is 10.3 Å². The third-order valence-corrected chi connectivity index (χ3v) is 5.56. The summed E-state index contributed by atoms with van der Waals surface area (Å²) in [6.07, 6.45) is -5.85. The molecular weight excluding hydrogens is 480 g/mol. The third kappa shape index (κ3) is 4.68. The molecule has 12 heteroatoms. The van der Waals surface area contributed by atoms with Gasteiger partial charge in [-0.1, -0.05) is 15.9 Å². The number of carboxylic acid groups (broad SMARTS) is 1. The zero-order valence-corrected chi connectivity index (χ0v) is 17.9. The van der Waals surface area contributed by atoms with Gasteiger partial charge < -0.3 is 45.3 Å². The Hall–Kier alpha value is -2.22. The Morgan fingerprint density at radius 2 is 2.13 bits per heavy atom. The highest BCUT2D eigenvalue weighted by Crippen LogP contribution is 2.37. The monoisotopic (exact) mass is 502 g/mol. The molecule has 11 nitrogen and oxygen atoms in total. The molecule has 0 bridgehead atoms. The van der Waals surface area contributed by atoms with Crippen molar-refractivity contribution in [2.24, 2.45) is 0 Å². The molecule has 1 saturated heterocycles. The molecule has 0 aliphatic carbocycles. The van der Waals surface area contributed by atoms with Crippen LogP contribution in [0.2, 0.25) is 0 Å². The van der Waals surface area contributed by atoms with E-state index < -0.39 is 61.1 Å². The number of aromatic amines is 1. The normalized spacial score (nSPS) is 28.1. The van der Waals surface area contributed by atoms with E-state index in [9.17, 15) is 35.1 Å². The number of nitrogens with one attached hydrogen (secondary N) is 2. The average molecular weight is 503 g/mol. The molecule has 6 atom stereocenters. The molecule has 1 aromatic carbocycles. The number of benzene rings is 1. The van der Waals surface area contributed by atoms with Crippen LogP contribution in [0.25, 0.3) is 10.9 Å². The van der Waals surface area contributed by atoms with Gasteiger partial charge in [0.25, 0.3) is 0 Å². The van der Waals surface area contributed by atoms with Gasteiger partial charge in [0.05, 0.1) is 25.2 Å². The van der Waals surface area contributed by atoms with Gasteiger partial charge in [0.1, 0.15) is 24.1 Å². The fourth-order valence-electron chi connectivity index (χ4n) is 3.56. The number of carboxylic acids is 1. The van der Waals surface area contributed by atoms with Gasteiger partial charge in [-0.05, 0) is 18.2 Å². The molecule has 7 N–H and O–H groups in total.